The van der Waals surface area contributed by atoms with Gasteiger partial charge in [-0.1, -0.05) is 33.1 Å². The fraction of sp³-hybridized carbons (Fsp3) is 0.684. The smallest absolute Gasteiger partial charge is 0.201 e. The van der Waals surface area contributed by atoms with E-state index in [4.69, 9.17) is 4.74 Å². The van der Waals surface area contributed by atoms with E-state index in [1.54, 1.807) is 6.07 Å². The molecule has 22 heavy (non-hydrogen) atoms. The van der Waals surface area contributed by atoms with Gasteiger partial charge in [0.15, 0.2) is 11.6 Å². The molecule has 0 N–H and O–H groups in total. The van der Waals surface area contributed by atoms with Crippen LogP contribution in [0, 0.1) is 23.5 Å². The molecule has 0 amide bonds. The summed E-state index contributed by atoms with van der Waals surface area (Å²) in [6, 6.07) is 1.79. The van der Waals surface area contributed by atoms with Gasteiger partial charge >= 0.3 is 0 Å². The maximum Gasteiger partial charge on any atom is 0.201 e. The number of halogens is 2. The average Bonchev–Trinajstić information content (AvgIpc) is 2.58. The van der Waals surface area contributed by atoms with Gasteiger partial charge in [-0.2, -0.15) is 4.39 Å². The zero-order valence-electron chi connectivity index (χ0n) is 13.6. The van der Waals surface area contributed by atoms with Crippen molar-refractivity contribution >= 4 is 0 Å². The third kappa shape index (κ3) is 2.87. The Morgan fingerprint density at radius 3 is 2.41 bits per heavy atom. The fourth-order valence-corrected chi connectivity index (χ4v) is 4.10. The topological polar surface area (TPSA) is 9.23 Å². The van der Waals surface area contributed by atoms with E-state index < -0.39 is 11.6 Å². The summed E-state index contributed by atoms with van der Waals surface area (Å²) >= 11 is 0. The minimum absolute atomic E-state index is 0.0617. The molecular weight excluding hydrogens is 282 g/mol. The Morgan fingerprint density at radius 1 is 1.05 bits per heavy atom. The van der Waals surface area contributed by atoms with Gasteiger partial charge in [0.1, 0.15) is 6.10 Å². The van der Waals surface area contributed by atoms with Gasteiger partial charge in [-0.25, -0.2) is 4.39 Å². The standard InChI is InChI=1S/C19H26F2O/c1-3-12-5-7-14(8-6-12)16-10-9-15-11-13(4-2)17(20)18(21)19(15)22-16/h11-12,14,16H,3-10H2,1-2H3. The third-order valence-corrected chi connectivity index (χ3v) is 5.66. The maximum absolute atomic E-state index is 14.3. The van der Waals surface area contributed by atoms with Gasteiger partial charge in [-0.05, 0) is 61.1 Å². The number of hydrogen-bond donors (Lipinski definition) is 0. The highest BCUT2D eigenvalue weighted by Crippen LogP contribution is 2.40. The number of benzene rings is 1. The Bertz CT molecular complexity index is 533. The van der Waals surface area contributed by atoms with Crippen LogP contribution < -0.4 is 4.74 Å². The molecular formula is C19H26F2O. The van der Waals surface area contributed by atoms with Crippen molar-refractivity contribution in [2.45, 2.75) is 71.3 Å². The molecule has 3 heteroatoms. The van der Waals surface area contributed by atoms with Gasteiger partial charge in [0.05, 0.1) is 0 Å². The number of ether oxygens (including phenoxy) is 1. The first-order chi connectivity index (χ1) is 10.6. The van der Waals surface area contributed by atoms with Crippen molar-refractivity contribution < 1.29 is 13.5 Å². The van der Waals surface area contributed by atoms with E-state index in [2.05, 4.69) is 6.92 Å². The van der Waals surface area contributed by atoms with Crippen molar-refractivity contribution in [1.82, 2.24) is 0 Å². The molecule has 122 valence electrons. The molecule has 1 aromatic carbocycles. The zero-order chi connectivity index (χ0) is 15.7. The quantitative estimate of drug-likeness (QED) is 0.722. The second-order valence-electron chi connectivity index (χ2n) is 6.89. The van der Waals surface area contributed by atoms with Crippen LogP contribution in [-0.4, -0.2) is 6.10 Å². The van der Waals surface area contributed by atoms with Gasteiger partial charge < -0.3 is 4.74 Å². The van der Waals surface area contributed by atoms with Gasteiger partial charge in [-0.15, -0.1) is 0 Å². The highest BCUT2D eigenvalue weighted by Gasteiger charge is 2.33. The van der Waals surface area contributed by atoms with Crippen LogP contribution in [0.15, 0.2) is 6.07 Å². The molecule has 1 atom stereocenters. The van der Waals surface area contributed by atoms with E-state index in [9.17, 15) is 8.78 Å². The molecule has 1 aliphatic heterocycles. The van der Waals surface area contributed by atoms with Crippen LogP contribution in [0.1, 0.15) is 63.5 Å². The van der Waals surface area contributed by atoms with E-state index in [-0.39, 0.29) is 11.9 Å². The molecule has 0 radical (unpaired) electrons. The summed E-state index contributed by atoms with van der Waals surface area (Å²) in [7, 11) is 0. The van der Waals surface area contributed by atoms with E-state index in [1.165, 1.54) is 19.3 Å². The first kappa shape index (κ1) is 15.8. The molecule has 0 spiro atoms. The molecule has 1 fully saturated rings. The molecule has 0 saturated heterocycles. The lowest BCUT2D eigenvalue weighted by molar-refractivity contribution is 0.0716. The minimum Gasteiger partial charge on any atom is -0.487 e. The molecule has 1 nitrogen and oxygen atoms in total. The van der Waals surface area contributed by atoms with Crippen molar-refractivity contribution in [3.05, 3.63) is 28.8 Å². The average molecular weight is 308 g/mol. The van der Waals surface area contributed by atoms with E-state index in [0.29, 0.717) is 17.9 Å². The monoisotopic (exact) mass is 308 g/mol. The number of rotatable bonds is 3. The Labute approximate surface area is 132 Å². The third-order valence-electron chi connectivity index (χ3n) is 5.66. The summed E-state index contributed by atoms with van der Waals surface area (Å²) in [5.74, 6) is 0.0270. The molecule has 3 rings (SSSR count). The van der Waals surface area contributed by atoms with Crippen LogP contribution >= 0.6 is 0 Å². The predicted octanol–water partition coefficient (Wildman–Crippen LogP) is 5.44. The van der Waals surface area contributed by atoms with Crippen molar-refractivity contribution in [2.75, 3.05) is 0 Å². The SMILES string of the molecule is CCc1cc2c(c(F)c1F)OC(C1CCC(CC)CC1)CC2. The Hall–Kier alpha value is -1.12. The molecule has 1 saturated carbocycles. The molecule has 1 aliphatic carbocycles. The van der Waals surface area contributed by atoms with Gasteiger partial charge in [0.2, 0.25) is 5.82 Å². The summed E-state index contributed by atoms with van der Waals surface area (Å²) in [6.07, 6.45) is 8.39. The van der Waals surface area contributed by atoms with Crippen LogP contribution in [0.2, 0.25) is 0 Å². The predicted molar refractivity (Wildman–Crippen MR) is 84.2 cm³/mol. The van der Waals surface area contributed by atoms with Crippen LogP contribution in [0.5, 0.6) is 5.75 Å². The second-order valence-corrected chi connectivity index (χ2v) is 6.89. The highest BCUT2D eigenvalue weighted by atomic mass is 19.2. The van der Waals surface area contributed by atoms with E-state index in [1.807, 2.05) is 6.92 Å². The molecule has 1 aromatic rings. The first-order valence-corrected chi connectivity index (χ1v) is 8.80. The van der Waals surface area contributed by atoms with Gasteiger partial charge in [0, 0.05) is 0 Å². The second kappa shape index (κ2) is 6.55. The number of aryl methyl sites for hydroxylation is 2. The lowest BCUT2D eigenvalue weighted by Gasteiger charge is -2.36. The summed E-state index contributed by atoms with van der Waals surface area (Å²) < 4.78 is 34.2. The number of fused-ring (bicyclic) bond motifs is 1. The summed E-state index contributed by atoms with van der Waals surface area (Å²) in [5, 5.41) is 0. The van der Waals surface area contributed by atoms with E-state index in [0.717, 1.165) is 37.2 Å². The van der Waals surface area contributed by atoms with Crippen molar-refractivity contribution in [2.24, 2.45) is 11.8 Å². The lowest BCUT2D eigenvalue weighted by atomic mass is 9.77. The summed E-state index contributed by atoms with van der Waals surface area (Å²) in [6.45, 7) is 4.10. The molecule has 1 unspecified atom stereocenters. The first-order valence-electron chi connectivity index (χ1n) is 8.80. The fourth-order valence-electron chi connectivity index (χ4n) is 4.10. The highest BCUT2D eigenvalue weighted by molar-refractivity contribution is 5.41. The van der Waals surface area contributed by atoms with Gasteiger partial charge in [-0.3, -0.25) is 0 Å². The van der Waals surface area contributed by atoms with Crippen molar-refractivity contribution in [1.29, 1.82) is 0 Å². The minimum atomic E-state index is -0.777. The zero-order valence-corrected chi connectivity index (χ0v) is 13.6. The summed E-state index contributed by atoms with van der Waals surface area (Å²) in [5.41, 5.74) is 1.30. The van der Waals surface area contributed by atoms with Crippen molar-refractivity contribution in [3.63, 3.8) is 0 Å². The largest absolute Gasteiger partial charge is 0.487 e. The van der Waals surface area contributed by atoms with Crippen LogP contribution in [0.4, 0.5) is 8.78 Å². The number of hydrogen-bond acceptors (Lipinski definition) is 1. The molecule has 0 bridgehead atoms. The molecule has 0 aromatic heterocycles. The van der Waals surface area contributed by atoms with Gasteiger partial charge in [0.25, 0.3) is 0 Å². The molecule has 2 aliphatic rings. The Morgan fingerprint density at radius 2 is 1.77 bits per heavy atom. The van der Waals surface area contributed by atoms with Crippen molar-refractivity contribution in [3.8, 4) is 5.75 Å². The van der Waals surface area contributed by atoms with Crippen LogP contribution in [0.3, 0.4) is 0 Å². The normalized spacial score (nSPS) is 28.1. The lowest BCUT2D eigenvalue weighted by Crippen LogP contribution is -2.34. The molecule has 1 heterocycles. The van der Waals surface area contributed by atoms with Crippen LogP contribution in [-0.2, 0) is 12.8 Å². The van der Waals surface area contributed by atoms with Crippen LogP contribution in [0.25, 0.3) is 0 Å². The Kier molecular flexibility index (Phi) is 4.70. The summed E-state index contributed by atoms with van der Waals surface area (Å²) in [4.78, 5) is 0. The van der Waals surface area contributed by atoms with E-state index >= 15 is 0 Å². The Balaban J connectivity index is 1.75. The maximum atomic E-state index is 14.3.